The summed E-state index contributed by atoms with van der Waals surface area (Å²) in [5.74, 6) is 0.750. The lowest BCUT2D eigenvalue weighted by atomic mass is 10.0. The van der Waals surface area contributed by atoms with E-state index in [9.17, 15) is 0 Å². The molecule has 0 radical (unpaired) electrons. The second-order valence-corrected chi connectivity index (χ2v) is 7.28. The smallest absolute Gasteiger partial charge is 0.159 e. The highest BCUT2D eigenvalue weighted by molar-refractivity contribution is 7.78. The number of thiocarbonyl (C=S) groups is 1. The van der Waals surface area contributed by atoms with Crippen molar-refractivity contribution in [2.45, 2.75) is 77.6 Å². The highest BCUT2D eigenvalue weighted by Crippen LogP contribution is 2.19. The number of benzene rings is 1. The Morgan fingerprint density at radius 1 is 0.815 bits per heavy atom. The first-order valence-electron chi connectivity index (χ1n) is 10.3. The van der Waals surface area contributed by atoms with Crippen LogP contribution in [0.3, 0.4) is 0 Å². The first-order valence-corrected chi connectivity index (χ1v) is 10.7. The Labute approximate surface area is 169 Å². The molecule has 0 amide bonds. The van der Waals surface area contributed by atoms with Gasteiger partial charge < -0.3 is 0 Å². The normalized spacial score (nSPS) is 10.6. The zero-order valence-electron chi connectivity index (χ0n) is 16.5. The van der Waals surface area contributed by atoms with Gasteiger partial charge in [0.25, 0.3) is 0 Å². The van der Waals surface area contributed by atoms with Crippen molar-refractivity contribution in [3.8, 4) is 11.4 Å². The Morgan fingerprint density at radius 3 is 1.93 bits per heavy atom. The standard InChI is InChI=1S/C23H31N3S/c1-2-3-4-5-6-7-8-9-10-11-12-20-17-24-23(25-18-20)21-13-15-22(16-14-21)26-19-27/h13-18H,2-12H2,1H3. The largest absolute Gasteiger partial charge is 0.236 e. The monoisotopic (exact) mass is 381 g/mol. The summed E-state index contributed by atoms with van der Waals surface area (Å²) in [5, 5.41) is 2.37. The van der Waals surface area contributed by atoms with Crippen LogP contribution in [0, 0.1) is 0 Å². The van der Waals surface area contributed by atoms with Gasteiger partial charge in [0.15, 0.2) is 5.82 Å². The molecule has 0 atom stereocenters. The molecule has 4 heteroatoms. The van der Waals surface area contributed by atoms with Crippen molar-refractivity contribution in [2.24, 2.45) is 4.99 Å². The third-order valence-corrected chi connectivity index (χ3v) is 4.92. The number of aryl methyl sites for hydroxylation is 1. The molecule has 144 valence electrons. The molecule has 0 aliphatic carbocycles. The Bertz CT molecular complexity index is 689. The predicted octanol–water partition coefficient (Wildman–Crippen LogP) is 7.34. The van der Waals surface area contributed by atoms with Crippen molar-refractivity contribution in [3.05, 3.63) is 42.2 Å². The molecule has 0 unspecified atom stereocenters. The molecule has 0 saturated heterocycles. The number of isothiocyanates is 1. The second-order valence-electron chi connectivity index (χ2n) is 7.10. The van der Waals surface area contributed by atoms with E-state index < -0.39 is 0 Å². The molecule has 0 aliphatic rings. The van der Waals surface area contributed by atoms with Gasteiger partial charge in [0.1, 0.15) is 0 Å². The maximum absolute atomic E-state index is 4.62. The third kappa shape index (κ3) is 8.55. The van der Waals surface area contributed by atoms with Crippen LogP contribution in [0.15, 0.2) is 41.7 Å². The molecule has 0 saturated carbocycles. The lowest BCUT2D eigenvalue weighted by Crippen LogP contribution is -1.93. The maximum Gasteiger partial charge on any atom is 0.159 e. The topological polar surface area (TPSA) is 38.1 Å². The Hall–Kier alpha value is -1.90. The van der Waals surface area contributed by atoms with Gasteiger partial charge in [-0.2, -0.15) is 4.99 Å². The first kappa shape index (κ1) is 21.4. The fourth-order valence-corrected chi connectivity index (χ4v) is 3.29. The number of hydrogen-bond donors (Lipinski definition) is 0. The molecule has 0 N–H and O–H groups in total. The van der Waals surface area contributed by atoms with Gasteiger partial charge >= 0.3 is 0 Å². The molecule has 2 aromatic rings. The van der Waals surface area contributed by atoms with Crippen molar-refractivity contribution in [3.63, 3.8) is 0 Å². The summed E-state index contributed by atoms with van der Waals surface area (Å²) in [5.41, 5.74) is 3.01. The van der Waals surface area contributed by atoms with Crippen molar-refractivity contribution in [1.82, 2.24) is 9.97 Å². The molecule has 1 aromatic carbocycles. The first-order chi connectivity index (χ1) is 13.3. The van der Waals surface area contributed by atoms with Crippen LogP contribution in [0.4, 0.5) is 5.69 Å². The maximum atomic E-state index is 4.62. The van der Waals surface area contributed by atoms with Crippen LogP contribution in [0.25, 0.3) is 11.4 Å². The quantitative estimate of drug-likeness (QED) is 0.207. The van der Waals surface area contributed by atoms with Gasteiger partial charge in [-0.3, -0.25) is 0 Å². The van der Waals surface area contributed by atoms with Crippen LogP contribution in [-0.4, -0.2) is 15.1 Å². The molecular formula is C23H31N3S. The molecule has 0 aliphatic heterocycles. The van der Waals surface area contributed by atoms with Gasteiger partial charge in [-0.05, 0) is 54.9 Å². The predicted molar refractivity (Wildman–Crippen MR) is 118 cm³/mol. The Balaban J connectivity index is 1.63. The summed E-state index contributed by atoms with van der Waals surface area (Å²) in [6.07, 6.45) is 18.6. The average Bonchev–Trinajstić information content (AvgIpc) is 2.71. The minimum atomic E-state index is 0.750. The molecule has 0 fully saturated rings. The Morgan fingerprint density at radius 2 is 1.37 bits per heavy atom. The zero-order chi connectivity index (χ0) is 19.2. The summed E-state index contributed by atoms with van der Waals surface area (Å²) in [6, 6.07) is 7.72. The van der Waals surface area contributed by atoms with E-state index in [-0.39, 0.29) is 0 Å². The molecule has 0 spiro atoms. The summed E-state index contributed by atoms with van der Waals surface area (Å²) in [7, 11) is 0. The van der Waals surface area contributed by atoms with Crippen molar-refractivity contribution >= 4 is 23.1 Å². The van der Waals surface area contributed by atoms with E-state index in [2.05, 4.69) is 39.3 Å². The molecule has 1 aromatic heterocycles. The highest BCUT2D eigenvalue weighted by atomic mass is 32.1. The van der Waals surface area contributed by atoms with E-state index in [0.717, 1.165) is 23.5 Å². The summed E-state index contributed by atoms with van der Waals surface area (Å²) < 4.78 is 0. The molecule has 0 bridgehead atoms. The lowest BCUT2D eigenvalue weighted by molar-refractivity contribution is 0.556. The highest BCUT2D eigenvalue weighted by Gasteiger charge is 2.02. The number of aromatic nitrogens is 2. The van der Waals surface area contributed by atoms with Crippen molar-refractivity contribution < 1.29 is 0 Å². The van der Waals surface area contributed by atoms with Gasteiger partial charge in [0.2, 0.25) is 0 Å². The van der Waals surface area contributed by atoms with Crippen LogP contribution in [0.2, 0.25) is 0 Å². The van der Waals surface area contributed by atoms with Gasteiger partial charge in [0.05, 0.1) is 10.8 Å². The Kier molecular flexibility index (Phi) is 10.5. The minimum Gasteiger partial charge on any atom is -0.236 e. The van der Waals surface area contributed by atoms with E-state index in [4.69, 9.17) is 0 Å². The number of hydrogen-bond acceptors (Lipinski definition) is 4. The molecule has 2 rings (SSSR count). The van der Waals surface area contributed by atoms with Crippen LogP contribution in [-0.2, 0) is 6.42 Å². The third-order valence-electron chi connectivity index (χ3n) is 4.82. The summed E-state index contributed by atoms with van der Waals surface area (Å²) in [4.78, 5) is 13.0. The van der Waals surface area contributed by atoms with Gasteiger partial charge in [-0.25, -0.2) is 9.97 Å². The van der Waals surface area contributed by atoms with E-state index in [1.54, 1.807) is 0 Å². The number of rotatable bonds is 13. The number of aliphatic imine (C=N–C) groups is 1. The minimum absolute atomic E-state index is 0.750. The molecule has 1 heterocycles. The van der Waals surface area contributed by atoms with E-state index in [1.165, 1.54) is 69.8 Å². The van der Waals surface area contributed by atoms with E-state index in [0.29, 0.717) is 0 Å². The van der Waals surface area contributed by atoms with Crippen LogP contribution in [0.5, 0.6) is 0 Å². The number of nitrogens with zero attached hydrogens (tertiary/aromatic N) is 3. The van der Waals surface area contributed by atoms with Crippen molar-refractivity contribution in [2.75, 3.05) is 0 Å². The van der Waals surface area contributed by atoms with Crippen LogP contribution < -0.4 is 0 Å². The van der Waals surface area contributed by atoms with Crippen LogP contribution >= 0.6 is 12.2 Å². The van der Waals surface area contributed by atoms with E-state index >= 15 is 0 Å². The van der Waals surface area contributed by atoms with E-state index in [1.807, 2.05) is 36.7 Å². The SMILES string of the molecule is CCCCCCCCCCCCc1cnc(-c2ccc(N=C=S)cc2)nc1. The fourth-order valence-electron chi connectivity index (χ4n) is 3.19. The average molecular weight is 382 g/mol. The summed E-state index contributed by atoms with van der Waals surface area (Å²) >= 11 is 4.62. The van der Waals surface area contributed by atoms with Gasteiger partial charge in [0, 0.05) is 18.0 Å². The molecule has 27 heavy (non-hydrogen) atoms. The zero-order valence-corrected chi connectivity index (χ0v) is 17.3. The summed E-state index contributed by atoms with van der Waals surface area (Å²) in [6.45, 7) is 2.27. The van der Waals surface area contributed by atoms with Crippen molar-refractivity contribution in [1.29, 1.82) is 0 Å². The molecule has 3 nitrogen and oxygen atoms in total. The number of unbranched alkanes of at least 4 members (excludes halogenated alkanes) is 9. The fraction of sp³-hybridized carbons (Fsp3) is 0.522. The molecular weight excluding hydrogens is 350 g/mol. The van der Waals surface area contributed by atoms with Gasteiger partial charge in [-0.15, -0.1) is 0 Å². The lowest BCUT2D eigenvalue weighted by Gasteiger charge is -2.04. The van der Waals surface area contributed by atoms with Crippen LogP contribution in [0.1, 0.15) is 76.7 Å². The van der Waals surface area contributed by atoms with Gasteiger partial charge in [-0.1, -0.05) is 64.7 Å². The second kappa shape index (κ2) is 13.3.